The summed E-state index contributed by atoms with van der Waals surface area (Å²) in [4.78, 5) is 22.8. The summed E-state index contributed by atoms with van der Waals surface area (Å²) in [5.41, 5.74) is 6.41. The number of benzene rings is 1. The summed E-state index contributed by atoms with van der Waals surface area (Å²) in [6.07, 6.45) is 1.83. The molecule has 0 aliphatic heterocycles. The highest BCUT2D eigenvalue weighted by molar-refractivity contribution is 5.94. The predicted octanol–water partition coefficient (Wildman–Crippen LogP) is 1.27. The SMILES string of the molecule is CCCC(N)C(=O)Nc1ccc(OCCC(=O)NC)cc1. The highest BCUT2D eigenvalue weighted by atomic mass is 16.5. The van der Waals surface area contributed by atoms with Crippen molar-refractivity contribution in [3.8, 4) is 5.75 Å². The quantitative estimate of drug-likeness (QED) is 0.673. The van der Waals surface area contributed by atoms with Gasteiger partial charge in [0.15, 0.2) is 0 Å². The Bertz CT molecular complexity index is 460. The van der Waals surface area contributed by atoms with Crippen molar-refractivity contribution < 1.29 is 14.3 Å². The molecular weight excluding hydrogens is 270 g/mol. The van der Waals surface area contributed by atoms with Crippen LogP contribution >= 0.6 is 0 Å². The van der Waals surface area contributed by atoms with Gasteiger partial charge in [-0.3, -0.25) is 9.59 Å². The van der Waals surface area contributed by atoms with E-state index in [1.54, 1.807) is 31.3 Å². The summed E-state index contributed by atoms with van der Waals surface area (Å²) in [6.45, 7) is 2.30. The van der Waals surface area contributed by atoms with Gasteiger partial charge >= 0.3 is 0 Å². The molecule has 0 fully saturated rings. The molecule has 1 aromatic rings. The van der Waals surface area contributed by atoms with Crippen molar-refractivity contribution in [1.29, 1.82) is 0 Å². The topological polar surface area (TPSA) is 93.5 Å². The van der Waals surface area contributed by atoms with E-state index >= 15 is 0 Å². The van der Waals surface area contributed by atoms with Crippen LogP contribution in [0, 0.1) is 0 Å². The minimum Gasteiger partial charge on any atom is -0.493 e. The summed E-state index contributed by atoms with van der Waals surface area (Å²) in [5, 5.41) is 5.28. The van der Waals surface area contributed by atoms with Gasteiger partial charge in [-0.05, 0) is 30.7 Å². The number of nitrogens with two attached hydrogens (primary N) is 1. The summed E-state index contributed by atoms with van der Waals surface area (Å²) in [7, 11) is 1.59. The number of rotatable bonds is 8. The molecule has 21 heavy (non-hydrogen) atoms. The van der Waals surface area contributed by atoms with Crippen LogP contribution in [0.5, 0.6) is 5.75 Å². The standard InChI is InChI=1S/C15H23N3O3/c1-3-4-13(16)15(20)18-11-5-7-12(8-6-11)21-10-9-14(19)17-2/h5-8,13H,3-4,9-10,16H2,1-2H3,(H,17,19)(H,18,20). The average molecular weight is 293 g/mol. The molecular formula is C15H23N3O3. The lowest BCUT2D eigenvalue weighted by Crippen LogP contribution is -2.35. The van der Waals surface area contributed by atoms with E-state index in [-0.39, 0.29) is 11.8 Å². The van der Waals surface area contributed by atoms with Gasteiger partial charge in [0, 0.05) is 12.7 Å². The van der Waals surface area contributed by atoms with E-state index in [1.165, 1.54) is 0 Å². The van der Waals surface area contributed by atoms with E-state index in [0.29, 0.717) is 30.9 Å². The Morgan fingerprint density at radius 3 is 2.52 bits per heavy atom. The van der Waals surface area contributed by atoms with E-state index in [4.69, 9.17) is 10.5 Å². The van der Waals surface area contributed by atoms with Crippen molar-refractivity contribution in [3.05, 3.63) is 24.3 Å². The second-order valence-corrected chi connectivity index (χ2v) is 4.68. The first-order valence-electron chi connectivity index (χ1n) is 7.06. The lowest BCUT2D eigenvalue weighted by Gasteiger charge is -2.12. The maximum Gasteiger partial charge on any atom is 0.241 e. The van der Waals surface area contributed by atoms with Crippen molar-refractivity contribution in [2.75, 3.05) is 19.0 Å². The van der Waals surface area contributed by atoms with Crippen LogP contribution in [-0.4, -0.2) is 31.5 Å². The minimum absolute atomic E-state index is 0.0659. The summed E-state index contributed by atoms with van der Waals surface area (Å²) in [5.74, 6) is 0.392. The third-order valence-electron chi connectivity index (χ3n) is 2.93. The Labute approximate surface area is 125 Å². The summed E-state index contributed by atoms with van der Waals surface area (Å²) < 4.78 is 5.43. The highest BCUT2D eigenvalue weighted by Crippen LogP contribution is 2.16. The lowest BCUT2D eigenvalue weighted by atomic mass is 10.1. The molecule has 0 saturated heterocycles. The molecule has 0 heterocycles. The van der Waals surface area contributed by atoms with Crippen molar-refractivity contribution in [2.45, 2.75) is 32.2 Å². The molecule has 0 aromatic heterocycles. The van der Waals surface area contributed by atoms with Crippen molar-refractivity contribution >= 4 is 17.5 Å². The van der Waals surface area contributed by atoms with Crippen molar-refractivity contribution in [2.24, 2.45) is 5.73 Å². The highest BCUT2D eigenvalue weighted by Gasteiger charge is 2.12. The molecule has 0 radical (unpaired) electrons. The Balaban J connectivity index is 2.43. The number of carbonyl (C=O) groups excluding carboxylic acids is 2. The molecule has 1 aromatic carbocycles. The smallest absolute Gasteiger partial charge is 0.241 e. The number of ether oxygens (including phenoxy) is 1. The van der Waals surface area contributed by atoms with Gasteiger partial charge in [-0.25, -0.2) is 0 Å². The van der Waals surface area contributed by atoms with Gasteiger partial charge in [-0.1, -0.05) is 13.3 Å². The van der Waals surface area contributed by atoms with Gasteiger partial charge in [0.25, 0.3) is 0 Å². The number of amides is 2. The fourth-order valence-corrected chi connectivity index (χ4v) is 1.70. The Hall–Kier alpha value is -2.08. The first-order valence-corrected chi connectivity index (χ1v) is 7.06. The molecule has 6 nitrogen and oxygen atoms in total. The number of hydrogen-bond donors (Lipinski definition) is 3. The van der Waals surface area contributed by atoms with Gasteiger partial charge in [0.1, 0.15) is 5.75 Å². The fraction of sp³-hybridized carbons (Fsp3) is 0.467. The van der Waals surface area contributed by atoms with E-state index < -0.39 is 6.04 Å². The molecule has 6 heteroatoms. The van der Waals surface area contributed by atoms with Crippen LogP contribution < -0.4 is 21.1 Å². The number of hydrogen-bond acceptors (Lipinski definition) is 4. The van der Waals surface area contributed by atoms with E-state index in [2.05, 4.69) is 10.6 Å². The van der Waals surface area contributed by atoms with Crippen LogP contribution in [0.4, 0.5) is 5.69 Å². The van der Waals surface area contributed by atoms with Gasteiger partial charge < -0.3 is 21.1 Å². The number of carbonyl (C=O) groups is 2. The van der Waals surface area contributed by atoms with Crippen molar-refractivity contribution in [1.82, 2.24) is 5.32 Å². The molecule has 0 saturated carbocycles. The van der Waals surface area contributed by atoms with Crippen LogP contribution in [0.3, 0.4) is 0 Å². The van der Waals surface area contributed by atoms with Gasteiger partial charge in [-0.2, -0.15) is 0 Å². The molecule has 116 valence electrons. The third kappa shape index (κ3) is 6.27. The molecule has 0 spiro atoms. The third-order valence-corrected chi connectivity index (χ3v) is 2.93. The maximum absolute atomic E-state index is 11.8. The second kappa shape index (κ2) is 8.97. The first-order chi connectivity index (χ1) is 10.1. The summed E-state index contributed by atoms with van der Waals surface area (Å²) in [6, 6.07) is 6.48. The molecule has 1 rings (SSSR count). The normalized spacial score (nSPS) is 11.6. The second-order valence-electron chi connectivity index (χ2n) is 4.68. The first kappa shape index (κ1) is 17.0. The largest absolute Gasteiger partial charge is 0.493 e. The minimum atomic E-state index is -0.488. The van der Waals surface area contributed by atoms with E-state index in [9.17, 15) is 9.59 Å². The van der Waals surface area contributed by atoms with Gasteiger partial charge in [0.2, 0.25) is 11.8 Å². The van der Waals surface area contributed by atoms with Crippen LogP contribution in [0.25, 0.3) is 0 Å². The van der Waals surface area contributed by atoms with Crippen molar-refractivity contribution in [3.63, 3.8) is 0 Å². The van der Waals surface area contributed by atoms with Crippen LogP contribution in [0.15, 0.2) is 24.3 Å². The molecule has 0 bridgehead atoms. The molecule has 0 aliphatic rings. The predicted molar refractivity (Wildman–Crippen MR) is 82.1 cm³/mol. The average Bonchev–Trinajstić information content (AvgIpc) is 2.49. The molecule has 4 N–H and O–H groups in total. The Morgan fingerprint density at radius 1 is 1.29 bits per heavy atom. The molecule has 1 atom stereocenters. The zero-order valence-electron chi connectivity index (χ0n) is 12.5. The van der Waals surface area contributed by atoms with E-state index in [0.717, 1.165) is 6.42 Å². The molecule has 1 unspecified atom stereocenters. The Kier molecular flexibility index (Phi) is 7.25. The van der Waals surface area contributed by atoms with Crippen LogP contribution in [-0.2, 0) is 9.59 Å². The lowest BCUT2D eigenvalue weighted by molar-refractivity contribution is -0.121. The van der Waals surface area contributed by atoms with E-state index in [1.807, 2.05) is 6.92 Å². The number of anilines is 1. The molecule has 2 amide bonds. The van der Waals surface area contributed by atoms with Gasteiger partial charge in [0.05, 0.1) is 19.1 Å². The fourth-order valence-electron chi connectivity index (χ4n) is 1.70. The summed E-state index contributed by atoms with van der Waals surface area (Å²) >= 11 is 0. The monoisotopic (exact) mass is 293 g/mol. The Morgan fingerprint density at radius 2 is 1.95 bits per heavy atom. The van der Waals surface area contributed by atoms with Gasteiger partial charge in [-0.15, -0.1) is 0 Å². The number of nitrogens with one attached hydrogen (secondary N) is 2. The zero-order chi connectivity index (χ0) is 15.7. The van der Waals surface area contributed by atoms with Crippen LogP contribution in [0.2, 0.25) is 0 Å². The maximum atomic E-state index is 11.8. The zero-order valence-corrected chi connectivity index (χ0v) is 12.5. The van der Waals surface area contributed by atoms with Crippen LogP contribution in [0.1, 0.15) is 26.2 Å². The molecule has 0 aliphatic carbocycles.